The van der Waals surface area contributed by atoms with Gasteiger partial charge in [-0.05, 0) is 31.3 Å². The van der Waals surface area contributed by atoms with E-state index in [0.29, 0.717) is 0 Å². The number of aromatic nitrogens is 2. The predicted octanol–water partition coefficient (Wildman–Crippen LogP) is 3.01. The van der Waals surface area contributed by atoms with Crippen LogP contribution in [0.2, 0.25) is 0 Å². The Morgan fingerprint density at radius 1 is 1.50 bits per heavy atom. The Morgan fingerprint density at radius 2 is 2.25 bits per heavy atom. The molecule has 84 valence electrons. The van der Waals surface area contributed by atoms with Crippen LogP contribution in [0.5, 0.6) is 5.75 Å². The first-order valence-electron chi connectivity index (χ1n) is 4.63. The molecule has 1 aromatic carbocycles. The summed E-state index contributed by atoms with van der Waals surface area (Å²) >= 11 is 4.73. The molecule has 0 fully saturated rings. The molecule has 16 heavy (non-hydrogen) atoms. The van der Waals surface area contributed by atoms with Crippen LogP contribution in [0.1, 0.15) is 18.9 Å². The van der Waals surface area contributed by atoms with E-state index in [-0.39, 0.29) is 16.5 Å². The van der Waals surface area contributed by atoms with E-state index in [1.807, 2.05) is 0 Å². The highest BCUT2D eigenvalue weighted by Gasteiger charge is 2.14. The first-order chi connectivity index (χ1) is 7.66. The molecule has 2 aromatic rings. The summed E-state index contributed by atoms with van der Waals surface area (Å²) in [5.41, 5.74) is 0. The Labute approximate surface area is 96.1 Å². The second kappa shape index (κ2) is 4.44. The highest BCUT2D eigenvalue weighted by atomic mass is 32.1. The Morgan fingerprint density at radius 3 is 2.88 bits per heavy atom. The van der Waals surface area contributed by atoms with Crippen LogP contribution in [0, 0.1) is 10.7 Å². The van der Waals surface area contributed by atoms with Crippen molar-refractivity contribution in [2.45, 2.75) is 13.0 Å². The van der Waals surface area contributed by atoms with Gasteiger partial charge in [0.15, 0.2) is 17.7 Å². The maximum absolute atomic E-state index is 13.3. The van der Waals surface area contributed by atoms with Crippen LogP contribution >= 0.6 is 12.2 Å². The molecule has 0 bridgehead atoms. The lowest BCUT2D eigenvalue weighted by atomic mass is 10.3. The number of aromatic amines is 1. The van der Waals surface area contributed by atoms with Crippen LogP contribution in [0.3, 0.4) is 0 Å². The van der Waals surface area contributed by atoms with Crippen molar-refractivity contribution in [3.05, 3.63) is 40.8 Å². The van der Waals surface area contributed by atoms with Gasteiger partial charge >= 0.3 is 0 Å². The standard InChI is InChI=1S/C10H9FN2O2S/c1-6(9-12-13-10(16)15-9)14-8-5-3-2-4-7(8)11/h2-6H,1H3,(H,13,16)/t6-/m1/s1. The molecule has 1 heterocycles. The minimum absolute atomic E-state index is 0.152. The number of nitrogens with one attached hydrogen (secondary N) is 1. The van der Waals surface area contributed by atoms with E-state index in [4.69, 9.17) is 21.4 Å². The fourth-order valence-electron chi connectivity index (χ4n) is 1.20. The molecular formula is C10H9FN2O2S. The number of benzene rings is 1. The van der Waals surface area contributed by atoms with Crippen LogP contribution in [-0.4, -0.2) is 10.2 Å². The van der Waals surface area contributed by atoms with Crippen molar-refractivity contribution in [1.29, 1.82) is 0 Å². The van der Waals surface area contributed by atoms with Crippen LogP contribution in [0.4, 0.5) is 4.39 Å². The molecule has 0 radical (unpaired) electrons. The summed E-state index contributed by atoms with van der Waals surface area (Å²) in [6.45, 7) is 1.70. The molecule has 2 rings (SSSR count). The van der Waals surface area contributed by atoms with Crippen molar-refractivity contribution in [1.82, 2.24) is 10.2 Å². The van der Waals surface area contributed by atoms with Gasteiger partial charge in [-0.25, -0.2) is 9.49 Å². The van der Waals surface area contributed by atoms with Crippen LogP contribution in [0.25, 0.3) is 0 Å². The second-order valence-corrected chi connectivity index (χ2v) is 3.51. The van der Waals surface area contributed by atoms with E-state index in [2.05, 4.69) is 10.2 Å². The lowest BCUT2D eigenvalue weighted by Gasteiger charge is -2.10. The van der Waals surface area contributed by atoms with Crippen molar-refractivity contribution < 1.29 is 13.5 Å². The van der Waals surface area contributed by atoms with Gasteiger partial charge in [-0.3, -0.25) is 0 Å². The van der Waals surface area contributed by atoms with Gasteiger partial charge in [0, 0.05) is 0 Å². The molecule has 6 heteroatoms. The van der Waals surface area contributed by atoms with Gasteiger partial charge in [0.2, 0.25) is 0 Å². The number of para-hydroxylation sites is 1. The summed E-state index contributed by atoms with van der Waals surface area (Å²) in [5.74, 6) is 0.0101. The molecule has 0 saturated carbocycles. The molecule has 1 aromatic heterocycles. The van der Waals surface area contributed by atoms with Gasteiger partial charge in [0.05, 0.1) is 0 Å². The topological polar surface area (TPSA) is 51.0 Å². The van der Waals surface area contributed by atoms with Crippen molar-refractivity contribution >= 4 is 12.2 Å². The minimum atomic E-state index is -0.509. The molecule has 0 aliphatic carbocycles. The zero-order valence-electron chi connectivity index (χ0n) is 8.44. The molecule has 1 N–H and O–H groups in total. The maximum Gasteiger partial charge on any atom is 0.284 e. The fourth-order valence-corrected chi connectivity index (χ4v) is 1.33. The maximum atomic E-state index is 13.3. The summed E-state index contributed by atoms with van der Waals surface area (Å²) in [4.78, 5) is 0.166. The predicted molar refractivity (Wildman–Crippen MR) is 57.1 cm³/mol. The van der Waals surface area contributed by atoms with E-state index in [1.54, 1.807) is 19.1 Å². The van der Waals surface area contributed by atoms with E-state index in [1.165, 1.54) is 12.1 Å². The quantitative estimate of drug-likeness (QED) is 0.838. The van der Waals surface area contributed by atoms with Crippen molar-refractivity contribution in [2.24, 2.45) is 0 Å². The summed E-state index contributed by atoms with van der Waals surface area (Å²) < 4.78 is 23.7. The molecule has 4 nitrogen and oxygen atoms in total. The Kier molecular flexibility index (Phi) is 3.00. The third-order valence-corrected chi connectivity index (χ3v) is 2.12. The van der Waals surface area contributed by atoms with E-state index < -0.39 is 11.9 Å². The molecule has 0 saturated heterocycles. The number of H-pyrrole nitrogens is 1. The van der Waals surface area contributed by atoms with Gasteiger partial charge in [0.1, 0.15) is 0 Å². The van der Waals surface area contributed by atoms with E-state index >= 15 is 0 Å². The first-order valence-corrected chi connectivity index (χ1v) is 5.04. The van der Waals surface area contributed by atoms with E-state index in [9.17, 15) is 4.39 Å². The van der Waals surface area contributed by atoms with Gasteiger partial charge in [-0.15, -0.1) is 5.10 Å². The number of halogens is 1. The van der Waals surface area contributed by atoms with Gasteiger partial charge in [-0.2, -0.15) is 0 Å². The summed E-state index contributed by atoms with van der Waals surface area (Å²) in [6, 6.07) is 6.13. The molecule has 0 aliphatic rings. The fraction of sp³-hybridized carbons (Fsp3) is 0.200. The number of hydrogen-bond acceptors (Lipinski definition) is 4. The molecular weight excluding hydrogens is 231 g/mol. The Balaban J connectivity index is 2.16. The number of nitrogens with zero attached hydrogens (tertiary/aromatic N) is 1. The van der Waals surface area contributed by atoms with Crippen molar-refractivity contribution in [3.63, 3.8) is 0 Å². The average molecular weight is 240 g/mol. The second-order valence-electron chi connectivity index (χ2n) is 3.14. The third kappa shape index (κ3) is 2.27. The van der Waals surface area contributed by atoms with Crippen LogP contribution in [0.15, 0.2) is 28.7 Å². The molecule has 0 aliphatic heterocycles. The SMILES string of the molecule is C[C@@H](Oc1ccccc1F)c1n[nH]c(=S)o1. The van der Waals surface area contributed by atoms with Crippen molar-refractivity contribution in [2.75, 3.05) is 0 Å². The highest BCUT2D eigenvalue weighted by molar-refractivity contribution is 7.71. The third-order valence-electron chi connectivity index (χ3n) is 1.94. The lowest BCUT2D eigenvalue weighted by molar-refractivity contribution is 0.180. The summed E-state index contributed by atoms with van der Waals surface area (Å²) in [5, 5.41) is 6.27. The normalized spacial score (nSPS) is 12.4. The van der Waals surface area contributed by atoms with E-state index in [0.717, 1.165) is 0 Å². The summed E-state index contributed by atoms with van der Waals surface area (Å²) in [6.07, 6.45) is -0.509. The van der Waals surface area contributed by atoms with Crippen LogP contribution < -0.4 is 4.74 Å². The number of ether oxygens (including phenoxy) is 1. The molecule has 1 atom stereocenters. The average Bonchev–Trinajstić information content (AvgIpc) is 2.68. The zero-order valence-corrected chi connectivity index (χ0v) is 9.25. The first kappa shape index (κ1) is 10.8. The molecule has 0 spiro atoms. The minimum Gasteiger partial charge on any atom is -0.478 e. The van der Waals surface area contributed by atoms with Crippen molar-refractivity contribution in [3.8, 4) is 5.75 Å². The smallest absolute Gasteiger partial charge is 0.284 e. The molecule has 0 unspecified atom stereocenters. The summed E-state index contributed by atoms with van der Waals surface area (Å²) in [7, 11) is 0. The highest BCUT2D eigenvalue weighted by Crippen LogP contribution is 2.22. The lowest BCUT2D eigenvalue weighted by Crippen LogP contribution is -2.04. The monoisotopic (exact) mass is 240 g/mol. The van der Waals surface area contributed by atoms with Gasteiger partial charge in [0.25, 0.3) is 10.7 Å². The number of hydrogen-bond donors (Lipinski definition) is 1. The molecule has 0 amide bonds. The Bertz CT molecular complexity index is 537. The Hall–Kier alpha value is -1.69. The zero-order chi connectivity index (χ0) is 11.5. The number of rotatable bonds is 3. The van der Waals surface area contributed by atoms with Crippen LogP contribution in [-0.2, 0) is 0 Å². The van der Waals surface area contributed by atoms with Gasteiger partial charge in [-0.1, -0.05) is 12.1 Å². The van der Waals surface area contributed by atoms with Gasteiger partial charge < -0.3 is 9.15 Å². The largest absolute Gasteiger partial charge is 0.478 e.